The fraction of sp³-hybridized carbons (Fsp3) is 0.417. The summed E-state index contributed by atoms with van der Waals surface area (Å²) in [4.78, 5) is 17.1. The summed E-state index contributed by atoms with van der Waals surface area (Å²) in [6.07, 6.45) is 0.678. The molecule has 3 heterocycles. The standard InChI is InChI=1S/C12H15N3O3S2/c13-20(17,18)7-8-1-3-15(6-8)12(16)10-5-11-9(14-10)2-4-19-11/h2,4-5,8,14H,1,3,6-7H2,(H2,13,17,18)/t8-/m0/s1. The summed E-state index contributed by atoms with van der Waals surface area (Å²) in [5, 5.41) is 7.01. The molecule has 1 amide bonds. The van der Waals surface area contributed by atoms with Crippen molar-refractivity contribution in [2.75, 3.05) is 18.8 Å². The topological polar surface area (TPSA) is 96.3 Å². The van der Waals surface area contributed by atoms with E-state index in [0.29, 0.717) is 25.2 Å². The van der Waals surface area contributed by atoms with Crippen molar-refractivity contribution in [3.05, 3.63) is 23.2 Å². The number of fused-ring (bicyclic) bond motifs is 1. The monoisotopic (exact) mass is 313 g/mol. The molecule has 1 atom stereocenters. The number of primary sulfonamides is 1. The van der Waals surface area contributed by atoms with Gasteiger partial charge >= 0.3 is 0 Å². The van der Waals surface area contributed by atoms with Crippen LogP contribution in [0.3, 0.4) is 0 Å². The lowest BCUT2D eigenvalue weighted by Crippen LogP contribution is -2.31. The number of nitrogens with two attached hydrogens (primary N) is 1. The second kappa shape index (κ2) is 4.87. The summed E-state index contributed by atoms with van der Waals surface area (Å²) >= 11 is 1.58. The average Bonchev–Trinajstić information content (AvgIpc) is 2.98. The number of aromatic amines is 1. The van der Waals surface area contributed by atoms with Crippen molar-refractivity contribution in [1.82, 2.24) is 9.88 Å². The lowest BCUT2D eigenvalue weighted by atomic mass is 10.2. The lowest BCUT2D eigenvalue weighted by molar-refractivity contribution is 0.0783. The van der Waals surface area contributed by atoms with Gasteiger partial charge in [0.2, 0.25) is 10.0 Å². The number of hydrogen-bond donors (Lipinski definition) is 2. The molecule has 20 heavy (non-hydrogen) atoms. The number of thiophene rings is 1. The molecular weight excluding hydrogens is 298 g/mol. The van der Waals surface area contributed by atoms with E-state index in [2.05, 4.69) is 4.98 Å². The van der Waals surface area contributed by atoms with Gasteiger partial charge in [-0.2, -0.15) is 0 Å². The normalized spacial score (nSPS) is 19.9. The Morgan fingerprint density at radius 2 is 2.35 bits per heavy atom. The van der Waals surface area contributed by atoms with Crippen molar-refractivity contribution in [2.45, 2.75) is 6.42 Å². The summed E-state index contributed by atoms with van der Waals surface area (Å²) in [6.45, 7) is 1.02. The van der Waals surface area contributed by atoms with Crippen LogP contribution in [0.2, 0.25) is 0 Å². The second-order valence-electron chi connectivity index (χ2n) is 5.12. The molecule has 3 rings (SSSR count). The Bertz CT molecular complexity index is 718. The van der Waals surface area contributed by atoms with E-state index in [-0.39, 0.29) is 17.6 Å². The van der Waals surface area contributed by atoms with Crippen molar-refractivity contribution >= 4 is 37.5 Å². The Morgan fingerprint density at radius 3 is 3.05 bits per heavy atom. The molecular formula is C12H15N3O3S2. The van der Waals surface area contributed by atoms with Crippen LogP contribution >= 0.6 is 11.3 Å². The zero-order chi connectivity index (χ0) is 14.3. The number of hydrogen-bond acceptors (Lipinski definition) is 4. The summed E-state index contributed by atoms with van der Waals surface area (Å²) in [6, 6.07) is 3.78. The number of rotatable bonds is 3. The third kappa shape index (κ3) is 2.72. The average molecular weight is 313 g/mol. The highest BCUT2D eigenvalue weighted by Gasteiger charge is 2.29. The highest BCUT2D eigenvalue weighted by Crippen LogP contribution is 2.24. The molecule has 0 unspecified atom stereocenters. The third-order valence-corrected chi connectivity index (χ3v) is 5.31. The second-order valence-corrected chi connectivity index (χ2v) is 7.72. The molecule has 0 radical (unpaired) electrons. The summed E-state index contributed by atoms with van der Waals surface area (Å²) < 4.78 is 23.2. The Balaban J connectivity index is 1.71. The molecule has 1 aliphatic rings. The SMILES string of the molecule is NS(=O)(=O)C[C@H]1CCN(C(=O)c2cc3sccc3[nH]2)C1. The molecule has 8 heteroatoms. The van der Waals surface area contributed by atoms with Crippen molar-refractivity contribution in [3.8, 4) is 0 Å². The predicted octanol–water partition coefficient (Wildman–Crippen LogP) is 0.980. The van der Waals surface area contributed by atoms with Gasteiger partial charge in [-0.3, -0.25) is 4.79 Å². The molecule has 1 fully saturated rings. The molecule has 3 N–H and O–H groups in total. The maximum atomic E-state index is 12.3. The molecule has 1 aliphatic heterocycles. The Kier molecular flexibility index (Phi) is 3.31. The minimum absolute atomic E-state index is 0.0589. The molecule has 2 aromatic rings. The number of carbonyl (C=O) groups is 1. The minimum Gasteiger partial charge on any atom is -0.350 e. The largest absolute Gasteiger partial charge is 0.350 e. The van der Waals surface area contributed by atoms with Crippen molar-refractivity contribution in [1.29, 1.82) is 0 Å². The first kappa shape index (κ1) is 13.6. The minimum atomic E-state index is -3.48. The van der Waals surface area contributed by atoms with Crippen molar-refractivity contribution in [3.63, 3.8) is 0 Å². The van der Waals surface area contributed by atoms with Crippen LogP contribution < -0.4 is 5.14 Å². The van der Waals surface area contributed by atoms with Crippen LogP contribution in [0.5, 0.6) is 0 Å². The van der Waals surface area contributed by atoms with Crippen LogP contribution in [0.4, 0.5) is 0 Å². The van der Waals surface area contributed by atoms with Crippen LogP contribution in [0.15, 0.2) is 17.5 Å². The van der Waals surface area contributed by atoms with Gasteiger partial charge < -0.3 is 9.88 Å². The molecule has 6 nitrogen and oxygen atoms in total. The number of aromatic nitrogens is 1. The van der Waals surface area contributed by atoms with E-state index in [1.807, 2.05) is 17.5 Å². The van der Waals surface area contributed by atoms with E-state index in [0.717, 1.165) is 10.2 Å². The Labute approximate surface area is 120 Å². The first-order valence-corrected chi connectivity index (χ1v) is 8.88. The maximum Gasteiger partial charge on any atom is 0.270 e. The Hall–Kier alpha value is -1.38. The summed E-state index contributed by atoms with van der Waals surface area (Å²) in [7, 11) is -3.48. The molecule has 0 saturated carbocycles. The van der Waals surface area contributed by atoms with Gasteiger partial charge in [-0.15, -0.1) is 11.3 Å². The van der Waals surface area contributed by atoms with E-state index >= 15 is 0 Å². The van der Waals surface area contributed by atoms with Crippen LogP contribution in [0.25, 0.3) is 10.2 Å². The molecule has 2 aromatic heterocycles. The first-order chi connectivity index (χ1) is 9.42. The summed E-state index contributed by atoms with van der Waals surface area (Å²) in [5.74, 6) is -0.202. The molecule has 0 aromatic carbocycles. The van der Waals surface area contributed by atoms with Gasteiger partial charge in [-0.25, -0.2) is 13.6 Å². The predicted molar refractivity (Wildman–Crippen MR) is 78.2 cm³/mol. The van der Waals surface area contributed by atoms with Crippen LogP contribution in [-0.4, -0.2) is 43.1 Å². The van der Waals surface area contributed by atoms with Gasteiger partial charge in [-0.1, -0.05) is 0 Å². The van der Waals surface area contributed by atoms with Crippen LogP contribution in [-0.2, 0) is 10.0 Å². The number of nitrogens with zero attached hydrogens (tertiary/aromatic N) is 1. The number of amides is 1. The Morgan fingerprint density at radius 1 is 1.55 bits per heavy atom. The molecule has 0 bridgehead atoms. The van der Waals surface area contributed by atoms with E-state index in [1.165, 1.54) is 0 Å². The van der Waals surface area contributed by atoms with E-state index in [9.17, 15) is 13.2 Å². The first-order valence-electron chi connectivity index (χ1n) is 6.28. The van der Waals surface area contributed by atoms with Gasteiger partial charge in [0.25, 0.3) is 5.91 Å². The van der Waals surface area contributed by atoms with Gasteiger partial charge in [0.15, 0.2) is 0 Å². The fourth-order valence-electron chi connectivity index (χ4n) is 2.62. The lowest BCUT2D eigenvalue weighted by Gasteiger charge is -2.15. The molecule has 108 valence electrons. The number of carbonyl (C=O) groups excluding carboxylic acids is 1. The van der Waals surface area contributed by atoms with Crippen LogP contribution in [0, 0.1) is 5.92 Å². The van der Waals surface area contributed by atoms with Crippen molar-refractivity contribution in [2.24, 2.45) is 11.1 Å². The zero-order valence-electron chi connectivity index (χ0n) is 10.7. The van der Waals surface area contributed by atoms with Gasteiger partial charge in [-0.05, 0) is 29.9 Å². The van der Waals surface area contributed by atoms with E-state index in [1.54, 1.807) is 16.2 Å². The van der Waals surface area contributed by atoms with Gasteiger partial charge in [0, 0.05) is 13.1 Å². The van der Waals surface area contributed by atoms with Gasteiger partial charge in [0.1, 0.15) is 5.69 Å². The fourth-order valence-corrected chi connectivity index (χ4v) is 4.33. The number of sulfonamides is 1. The number of nitrogens with one attached hydrogen (secondary N) is 1. The zero-order valence-corrected chi connectivity index (χ0v) is 12.3. The highest BCUT2D eigenvalue weighted by molar-refractivity contribution is 7.89. The van der Waals surface area contributed by atoms with E-state index in [4.69, 9.17) is 5.14 Å². The van der Waals surface area contributed by atoms with Gasteiger partial charge in [0.05, 0.1) is 16.0 Å². The molecule has 0 aliphatic carbocycles. The maximum absolute atomic E-state index is 12.3. The molecule has 0 spiro atoms. The summed E-state index contributed by atoms with van der Waals surface area (Å²) in [5.41, 5.74) is 1.52. The molecule has 1 saturated heterocycles. The number of likely N-dealkylation sites (tertiary alicyclic amines) is 1. The quantitative estimate of drug-likeness (QED) is 0.884. The highest BCUT2D eigenvalue weighted by atomic mass is 32.2. The van der Waals surface area contributed by atoms with Crippen LogP contribution in [0.1, 0.15) is 16.9 Å². The van der Waals surface area contributed by atoms with Crippen molar-refractivity contribution < 1.29 is 13.2 Å². The third-order valence-electron chi connectivity index (χ3n) is 3.51. The smallest absolute Gasteiger partial charge is 0.270 e. The number of H-pyrrole nitrogens is 1. The van der Waals surface area contributed by atoms with E-state index < -0.39 is 10.0 Å².